The smallest absolute Gasteiger partial charge is 0.00890 e. The van der Waals surface area contributed by atoms with Crippen molar-refractivity contribution in [2.45, 2.75) is 31.6 Å². The standard InChI is InChI=1S/C15H16/c1-2-6-12(7-3-1)14-10-4-8-13-9-5-11-15(13)14/h1-3,5-7,11,14H,4,8-10H2. The molecule has 1 aromatic rings. The lowest BCUT2D eigenvalue weighted by molar-refractivity contribution is 0.612. The van der Waals surface area contributed by atoms with E-state index in [4.69, 9.17) is 0 Å². The van der Waals surface area contributed by atoms with Gasteiger partial charge in [0.2, 0.25) is 0 Å². The summed E-state index contributed by atoms with van der Waals surface area (Å²) >= 11 is 0. The Bertz CT molecular complexity index is 409. The van der Waals surface area contributed by atoms with Gasteiger partial charge in [-0.15, -0.1) is 0 Å². The van der Waals surface area contributed by atoms with E-state index in [9.17, 15) is 0 Å². The van der Waals surface area contributed by atoms with Gasteiger partial charge in [-0.2, -0.15) is 0 Å². The molecular weight excluding hydrogens is 180 g/mol. The highest BCUT2D eigenvalue weighted by Gasteiger charge is 2.24. The number of benzene rings is 1. The molecule has 15 heavy (non-hydrogen) atoms. The summed E-state index contributed by atoms with van der Waals surface area (Å²) in [5.74, 6) is 0.675. The summed E-state index contributed by atoms with van der Waals surface area (Å²) in [5.41, 5.74) is 4.80. The van der Waals surface area contributed by atoms with E-state index in [1.807, 2.05) is 0 Å². The van der Waals surface area contributed by atoms with Crippen molar-refractivity contribution in [3.8, 4) is 0 Å². The molecule has 1 unspecified atom stereocenters. The maximum absolute atomic E-state index is 2.35. The Morgan fingerprint density at radius 3 is 2.80 bits per heavy atom. The van der Waals surface area contributed by atoms with Crippen molar-refractivity contribution >= 4 is 0 Å². The van der Waals surface area contributed by atoms with Gasteiger partial charge in [-0.25, -0.2) is 0 Å². The first-order valence-electron chi connectivity index (χ1n) is 5.88. The van der Waals surface area contributed by atoms with Crippen molar-refractivity contribution in [1.29, 1.82) is 0 Å². The van der Waals surface area contributed by atoms with Gasteiger partial charge in [-0.3, -0.25) is 0 Å². The van der Waals surface area contributed by atoms with Gasteiger partial charge in [0.1, 0.15) is 0 Å². The fourth-order valence-electron chi connectivity index (χ4n) is 2.88. The van der Waals surface area contributed by atoms with Crippen molar-refractivity contribution in [1.82, 2.24) is 0 Å². The molecule has 0 amide bonds. The van der Waals surface area contributed by atoms with Gasteiger partial charge >= 0.3 is 0 Å². The number of allylic oxidation sites excluding steroid dienone is 4. The molecule has 0 bridgehead atoms. The summed E-state index contributed by atoms with van der Waals surface area (Å²) in [6, 6.07) is 11.0. The minimum absolute atomic E-state index is 0.675. The predicted molar refractivity (Wildman–Crippen MR) is 63.8 cm³/mol. The van der Waals surface area contributed by atoms with Crippen LogP contribution in [0.15, 0.2) is 53.6 Å². The molecule has 0 spiro atoms. The van der Waals surface area contributed by atoms with E-state index in [0.717, 1.165) is 0 Å². The normalized spacial score (nSPS) is 24.4. The van der Waals surface area contributed by atoms with Crippen LogP contribution in [0.4, 0.5) is 0 Å². The molecule has 0 N–H and O–H groups in total. The Labute approximate surface area is 91.3 Å². The van der Waals surface area contributed by atoms with Crippen LogP contribution < -0.4 is 0 Å². The second-order valence-corrected chi connectivity index (χ2v) is 4.52. The van der Waals surface area contributed by atoms with Crippen molar-refractivity contribution in [3.63, 3.8) is 0 Å². The predicted octanol–water partition coefficient (Wildman–Crippen LogP) is 4.21. The molecule has 0 saturated carbocycles. The number of hydrogen-bond acceptors (Lipinski definition) is 0. The lowest BCUT2D eigenvalue weighted by Gasteiger charge is -2.24. The van der Waals surface area contributed by atoms with E-state index < -0.39 is 0 Å². The van der Waals surface area contributed by atoms with Crippen molar-refractivity contribution in [2.75, 3.05) is 0 Å². The van der Waals surface area contributed by atoms with E-state index >= 15 is 0 Å². The van der Waals surface area contributed by atoms with Crippen LogP contribution in [0.1, 0.15) is 37.2 Å². The van der Waals surface area contributed by atoms with Gasteiger partial charge in [0.25, 0.3) is 0 Å². The Morgan fingerprint density at radius 1 is 1.07 bits per heavy atom. The zero-order valence-corrected chi connectivity index (χ0v) is 8.95. The maximum Gasteiger partial charge on any atom is 0.00890 e. The molecule has 0 saturated heterocycles. The Hall–Kier alpha value is -1.30. The largest absolute Gasteiger partial charge is 0.0802 e. The molecule has 0 heteroatoms. The van der Waals surface area contributed by atoms with Gasteiger partial charge in [0.05, 0.1) is 0 Å². The first-order chi connectivity index (χ1) is 7.45. The minimum atomic E-state index is 0.675. The van der Waals surface area contributed by atoms with Gasteiger partial charge < -0.3 is 0 Å². The van der Waals surface area contributed by atoms with Crippen LogP contribution in [0.2, 0.25) is 0 Å². The topological polar surface area (TPSA) is 0 Å². The van der Waals surface area contributed by atoms with Crippen molar-refractivity contribution < 1.29 is 0 Å². The summed E-state index contributed by atoms with van der Waals surface area (Å²) in [7, 11) is 0. The SMILES string of the molecule is C1=CC2=C(C1)CCCC2c1ccccc1. The second-order valence-electron chi connectivity index (χ2n) is 4.52. The quantitative estimate of drug-likeness (QED) is 0.631. The monoisotopic (exact) mass is 196 g/mol. The van der Waals surface area contributed by atoms with Crippen LogP contribution in [0, 0.1) is 0 Å². The highest BCUT2D eigenvalue weighted by molar-refractivity contribution is 5.44. The van der Waals surface area contributed by atoms with Crippen LogP contribution in [-0.2, 0) is 0 Å². The summed E-state index contributed by atoms with van der Waals surface area (Å²) in [6.45, 7) is 0. The van der Waals surface area contributed by atoms with E-state index in [-0.39, 0.29) is 0 Å². The lowest BCUT2D eigenvalue weighted by Crippen LogP contribution is -2.07. The minimum Gasteiger partial charge on any atom is -0.0802 e. The zero-order valence-electron chi connectivity index (χ0n) is 8.95. The summed E-state index contributed by atoms with van der Waals surface area (Å²) in [6.07, 6.45) is 9.90. The van der Waals surface area contributed by atoms with E-state index in [2.05, 4.69) is 42.5 Å². The maximum atomic E-state index is 2.35. The molecule has 3 rings (SSSR count). The van der Waals surface area contributed by atoms with Gasteiger partial charge in [-0.05, 0) is 36.8 Å². The molecule has 76 valence electrons. The molecule has 0 radical (unpaired) electrons. The molecule has 0 nitrogen and oxygen atoms in total. The van der Waals surface area contributed by atoms with Gasteiger partial charge in [-0.1, -0.05) is 48.1 Å². The Kier molecular flexibility index (Phi) is 2.21. The third-order valence-electron chi connectivity index (χ3n) is 3.62. The summed E-state index contributed by atoms with van der Waals surface area (Å²) in [4.78, 5) is 0. The number of hydrogen-bond donors (Lipinski definition) is 0. The van der Waals surface area contributed by atoms with Crippen molar-refractivity contribution in [2.24, 2.45) is 0 Å². The average Bonchev–Trinajstić information content (AvgIpc) is 2.78. The van der Waals surface area contributed by atoms with Gasteiger partial charge in [0.15, 0.2) is 0 Å². The molecule has 0 aliphatic heterocycles. The lowest BCUT2D eigenvalue weighted by atomic mass is 9.80. The van der Waals surface area contributed by atoms with E-state index in [0.29, 0.717) is 5.92 Å². The zero-order chi connectivity index (χ0) is 10.1. The van der Waals surface area contributed by atoms with Crippen LogP contribution in [-0.4, -0.2) is 0 Å². The molecule has 1 atom stereocenters. The highest BCUT2D eigenvalue weighted by atomic mass is 14.3. The molecule has 1 aromatic carbocycles. The van der Waals surface area contributed by atoms with Crippen LogP contribution in [0.3, 0.4) is 0 Å². The fourth-order valence-corrected chi connectivity index (χ4v) is 2.88. The van der Waals surface area contributed by atoms with Crippen LogP contribution in [0.25, 0.3) is 0 Å². The van der Waals surface area contributed by atoms with Crippen molar-refractivity contribution in [3.05, 3.63) is 59.2 Å². The third-order valence-corrected chi connectivity index (χ3v) is 3.62. The third kappa shape index (κ3) is 1.54. The summed E-state index contributed by atoms with van der Waals surface area (Å²) in [5, 5.41) is 0. The summed E-state index contributed by atoms with van der Waals surface area (Å²) < 4.78 is 0. The molecular formula is C15H16. The van der Waals surface area contributed by atoms with Gasteiger partial charge in [0, 0.05) is 5.92 Å². The highest BCUT2D eigenvalue weighted by Crippen LogP contribution is 2.41. The number of rotatable bonds is 1. The molecule has 2 aliphatic rings. The van der Waals surface area contributed by atoms with E-state index in [1.165, 1.54) is 31.2 Å². The average molecular weight is 196 g/mol. The molecule has 0 heterocycles. The molecule has 0 fully saturated rings. The first kappa shape index (κ1) is 8.96. The van der Waals surface area contributed by atoms with E-state index in [1.54, 1.807) is 11.1 Å². The molecule has 2 aliphatic carbocycles. The Morgan fingerprint density at radius 2 is 1.93 bits per heavy atom. The fraction of sp³-hybridized carbons (Fsp3) is 0.333. The van der Waals surface area contributed by atoms with Crippen LogP contribution >= 0.6 is 0 Å². The first-order valence-corrected chi connectivity index (χ1v) is 5.88. The Balaban J connectivity index is 1.99. The van der Waals surface area contributed by atoms with Crippen LogP contribution in [0.5, 0.6) is 0 Å². The molecule has 0 aromatic heterocycles. The second kappa shape index (κ2) is 3.69.